The van der Waals surface area contributed by atoms with Gasteiger partial charge in [-0.3, -0.25) is 0 Å². The Balaban J connectivity index is 2.34. The minimum Gasteiger partial charge on any atom is -0.466 e. The van der Waals surface area contributed by atoms with Gasteiger partial charge in [0.2, 0.25) is 10.0 Å². The lowest BCUT2D eigenvalue weighted by molar-refractivity contribution is -0.134. The molecular formula is C16H21NO4S. The van der Waals surface area contributed by atoms with Crippen LogP contribution in [0.15, 0.2) is 29.2 Å². The van der Waals surface area contributed by atoms with Crippen molar-refractivity contribution in [1.29, 1.82) is 0 Å². The largest absolute Gasteiger partial charge is 0.466 e. The third-order valence-electron chi connectivity index (χ3n) is 3.87. The van der Waals surface area contributed by atoms with Crippen molar-refractivity contribution in [1.82, 2.24) is 4.31 Å². The fourth-order valence-corrected chi connectivity index (χ4v) is 5.11. The van der Waals surface area contributed by atoms with Crippen LogP contribution in [0.1, 0.15) is 23.6 Å². The van der Waals surface area contributed by atoms with Crippen LogP contribution in [0.4, 0.5) is 0 Å². The summed E-state index contributed by atoms with van der Waals surface area (Å²) in [4.78, 5) is 11.5. The van der Waals surface area contributed by atoms with Crippen LogP contribution in [0.5, 0.6) is 0 Å². The Morgan fingerprint density at radius 2 is 1.77 bits per heavy atom. The number of rotatable bonds is 4. The quantitative estimate of drug-likeness (QED) is 0.483. The molecule has 0 aromatic heterocycles. The molecule has 0 radical (unpaired) electrons. The molecule has 0 amide bonds. The maximum atomic E-state index is 12.9. The number of carbonyl (C=O) groups excluding carboxylic acids is 1. The highest BCUT2D eigenvalue weighted by Crippen LogP contribution is 2.38. The third kappa shape index (κ3) is 2.94. The van der Waals surface area contributed by atoms with Gasteiger partial charge < -0.3 is 4.74 Å². The van der Waals surface area contributed by atoms with E-state index in [1.807, 2.05) is 26.0 Å². The average Bonchev–Trinajstić information content (AvgIpc) is 3.05. The zero-order valence-corrected chi connectivity index (χ0v) is 14.3. The summed E-state index contributed by atoms with van der Waals surface area (Å²) in [6.45, 7) is 7.38. The van der Waals surface area contributed by atoms with Gasteiger partial charge in [-0.25, -0.2) is 13.2 Å². The maximum absolute atomic E-state index is 12.9. The summed E-state index contributed by atoms with van der Waals surface area (Å²) in [5.41, 5.74) is 2.52. The van der Waals surface area contributed by atoms with Gasteiger partial charge in [-0.2, -0.15) is 4.31 Å². The normalized spacial score (nSPS) is 24.5. The number of esters is 1. The second kappa shape index (κ2) is 5.85. The van der Waals surface area contributed by atoms with Crippen molar-refractivity contribution in [3.63, 3.8) is 0 Å². The van der Waals surface area contributed by atoms with E-state index in [4.69, 9.17) is 0 Å². The summed E-state index contributed by atoms with van der Waals surface area (Å²) in [5, 5.41) is 0. The van der Waals surface area contributed by atoms with E-state index < -0.39 is 16.0 Å². The number of methoxy groups -OCH3 is 1. The lowest BCUT2D eigenvalue weighted by Crippen LogP contribution is -2.18. The van der Waals surface area contributed by atoms with Crippen LogP contribution >= 0.6 is 0 Å². The molecule has 1 fully saturated rings. The lowest BCUT2D eigenvalue weighted by Gasteiger charge is -2.13. The van der Waals surface area contributed by atoms with E-state index in [0.29, 0.717) is 4.90 Å². The molecule has 1 heterocycles. The number of nitrogens with zero attached hydrogens (tertiary/aromatic N) is 1. The third-order valence-corrected chi connectivity index (χ3v) is 6.16. The van der Waals surface area contributed by atoms with Crippen LogP contribution in [0.3, 0.4) is 0 Å². The molecule has 0 bridgehead atoms. The molecule has 0 spiro atoms. The molecular weight excluding hydrogens is 302 g/mol. The van der Waals surface area contributed by atoms with Crippen LogP contribution in [0.2, 0.25) is 0 Å². The SMILES string of the molecule is COC(=O)/C=C/[C@H]1[C@H](C)N1S(=O)(=O)c1c(C)cc(C)cc1C. The second-order valence-corrected chi connectivity index (χ2v) is 7.46. The minimum absolute atomic E-state index is 0.161. The first-order valence-electron chi connectivity index (χ1n) is 7.07. The van der Waals surface area contributed by atoms with Crippen LogP contribution in [0.25, 0.3) is 0 Å². The highest BCUT2D eigenvalue weighted by Gasteiger charge is 2.51. The standard InChI is InChI=1S/C16H21NO4S/c1-10-8-11(2)16(12(3)9-10)22(19,20)17-13(4)14(17)6-7-15(18)21-5/h6-9,13-14H,1-5H3/b7-6+/t13-,14-,17?/m0/s1. The van der Waals surface area contributed by atoms with Gasteiger partial charge in [-0.05, 0) is 38.8 Å². The number of sulfonamides is 1. The maximum Gasteiger partial charge on any atom is 0.330 e. The van der Waals surface area contributed by atoms with Crippen molar-refractivity contribution in [2.75, 3.05) is 7.11 Å². The molecule has 0 saturated carbocycles. The zero-order chi connectivity index (χ0) is 16.7. The fraction of sp³-hybridized carbons (Fsp3) is 0.438. The Kier molecular flexibility index (Phi) is 4.44. The van der Waals surface area contributed by atoms with Crippen LogP contribution in [-0.4, -0.2) is 37.9 Å². The van der Waals surface area contributed by atoms with Crippen molar-refractivity contribution >= 4 is 16.0 Å². The Hall–Kier alpha value is -1.66. The van der Waals surface area contributed by atoms with E-state index >= 15 is 0 Å². The average molecular weight is 323 g/mol. The van der Waals surface area contributed by atoms with Gasteiger partial charge in [0.25, 0.3) is 0 Å². The monoisotopic (exact) mass is 323 g/mol. The Morgan fingerprint density at radius 3 is 2.27 bits per heavy atom. The molecule has 1 aromatic rings. The number of hydrogen-bond acceptors (Lipinski definition) is 4. The predicted octanol–water partition coefficient (Wildman–Crippen LogP) is 2.10. The molecule has 1 saturated heterocycles. The molecule has 0 aliphatic carbocycles. The number of aryl methyl sites for hydroxylation is 3. The summed E-state index contributed by atoms with van der Waals surface area (Å²) in [6.07, 6.45) is 2.85. The van der Waals surface area contributed by atoms with Gasteiger partial charge >= 0.3 is 5.97 Å². The van der Waals surface area contributed by atoms with E-state index in [9.17, 15) is 13.2 Å². The predicted molar refractivity (Wildman–Crippen MR) is 84.1 cm³/mol. The summed E-state index contributed by atoms with van der Waals surface area (Å²) >= 11 is 0. The van der Waals surface area contributed by atoms with Gasteiger partial charge in [-0.1, -0.05) is 23.8 Å². The Bertz CT molecular complexity index is 714. The smallest absolute Gasteiger partial charge is 0.330 e. The zero-order valence-electron chi connectivity index (χ0n) is 13.5. The molecule has 1 aliphatic heterocycles. The second-order valence-electron chi connectivity index (χ2n) is 5.68. The Morgan fingerprint density at radius 1 is 1.23 bits per heavy atom. The minimum atomic E-state index is -3.57. The van der Waals surface area contributed by atoms with Crippen molar-refractivity contribution in [2.45, 2.75) is 44.7 Å². The summed E-state index contributed by atoms with van der Waals surface area (Å²) in [5.74, 6) is -0.487. The van der Waals surface area contributed by atoms with E-state index in [-0.39, 0.29) is 12.1 Å². The van der Waals surface area contributed by atoms with E-state index in [1.165, 1.54) is 17.5 Å². The summed E-state index contributed by atoms with van der Waals surface area (Å²) < 4.78 is 31.7. The van der Waals surface area contributed by atoms with Gasteiger partial charge in [0.1, 0.15) is 0 Å². The summed E-state index contributed by atoms with van der Waals surface area (Å²) in [7, 11) is -2.28. The van der Waals surface area contributed by atoms with E-state index in [1.54, 1.807) is 19.9 Å². The van der Waals surface area contributed by atoms with Crippen molar-refractivity contribution in [2.24, 2.45) is 0 Å². The molecule has 5 nitrogen and oxygen atoms in total. The number of ether oxygens (including phenoxy) is 1. The highest BCUT2D eigenvalue weighted by molar-refractivity contribution is 7.89. The van der Waals surface area contributed by atoms with Gasteiger partial charge in [0.15, 0.2) is 0 Å². The number of hydrogen-bond donors (Lipinski definition) is 0. The number of benzene rings is 1. The van der Waals surface area contributed by atoms with Crippen molar-refractivity contribution < 1.29 is 17.9 Å². The Labute approximate surface area is 131 Å². The number of carbonyl (C=O) groups is 1. The first kappa shape index (κ1) is 16.7. The van der Waals surface area contributed by atoms with Crippen molar-refractivity contribution in [3.05, 3.63) is 41.0 Å². The lowest BCUT2D eigenvalue weighted by atomic mass is 10.1. The van der Waals surface area contributed by atoms with Gasteiger partial charge in [0, 0.05) is 12.1 Å². The highest BCUT2D eigenvalue weighted by atomic mass is 32.2. The molecule has 120 valence electrons. The molecule has 6 heteroatoms. The molecule has 1 unspecified atom stereocenters. The molecule has 3 atom stereocenters. The molecule has 1 aliphatic rings. The molecule has 22 heavy (non-hydrogen) atoms. The van der Waals surface area contributed by atoms with Crippen LogP contribution in [-0.2, 0) is 19.6 Å². The van der Waals surface area contributed by atoms with Crippen molar-refractivity contribution in [3.8, 4) is 0 Å². The van der Waals surface area contributed by atoms with Gasteiger partial charge in [0.05, 0.1) is 18.0 Å². The molecule has 1 aromatic carbocycles. The van der Waals surface area contributed by atoms with E-state index in [0.717, 1.165) is 16.7 Å². The molecule has 2 rings (SSSR count). The first-order valence-corrected chi connectivity index (χ1v) is 8.51. The topological polar surface area (TPSA) is 63.5 Å². The fourth-order valence-electron chi connectivity index (χ4n) is 2.89. The van der Waals surface area contributed by atoms with Crippen LogP contribution < -0.4 is 0 Å². The van der Waals surface area contributed by atoms with E-state index in [2.05, 4.69) is 4.74 Å². The summed E-state index contributed by atoms with van der Waals surface area (Å²) in [6, 6.07) is 3.27. The van der Waals surface area contributed by atoms with Gasteiger partial charge in [-0.15, -0.1) is 0 Å². The first-order chi connectivity index (χ1) is 10.2. The van der Waals surface area contributed by atoms with Crippen LogP contribution in [0, 0.1) is 20.8 Å². The molecule has 0 N–H and O–H groups in total.